The molecular formula is C17H9FN2O3S. The van der Waals surface area contributed by atoms with Gasteiger partial charge in [-0.3, -0.25) is 0 Å². The minimum Gasteiger partial charge on any atom is -0.506 e. The van der Waals surface area contributed by atoms with Gasteiger partial charge < -0.3 is 9.52 Å². The molecule has 1 N–H and O–H groups in total. The number of para-hydroxylation sites is 1. The van der Waals surface area contributed by atoms with Gasteiger partial charge in [-0.15, -0.1) is 0 Å². The van der Waals surface area contributed by atoms with Gasteiger partial charge in [-0.2, -0.15) is 0 Å². The highest BCUT2D eigenvalue weighted by Crippen LogP contribution is 2.29. The maximum atomic E-state index is 13.2. The number of fused-ring (bicyclic) bond motifs is 2. The Morgan fingerprint density at radius 2 is 2.08 bits per heavy atom. The van der Waals surface area contributed by atoms with Crippen molar-refractivity contribution in [2.75, 3.05) is 0 Å². The first kappa shape index (κ1) is 14.5. The molecule has 2 aromatic heterocycles. The van der Waals surface area contributed by atoms with Crippen molar-refractivity contribution in [2.24, 2.45) is 4.99 Å². The topological polar surface area (TPSA) is 75.7 Å². The van der Waals surface area contributed by atoms with E-state index in [4.69, 9.17) is 4.42 Å². The Balaban J connectivity index is 1.80. The summed E-state index contributed by atoms with van der Waals surface area (Å²) in [7, 11) is 0. The van der Waals surface area contributed by atoms with Crippen LogP contribution >= 0.6 is 11.3 Å². The normalized spacial score (nSPS) is 11.7. The molecule has 4 aromatic rings. The minimum absolute atomic E-state index is 0.0564. The average Bonchev–Trinajstić information content (AvgIpc) is 2.96. The highest BCUT2D eigenvalue weighted by molar-refractivity contribution is 7.22. The van der Waals surface area contributed by atoms with E-state index in [0.717, 1.165) is 0 Å². The molecule has 0 spiro atoms. The van der Waals surface area contributed by atoms with E-state index in [9.17, 15) is 14.3 Å². The van der Waals surface area contributed by atoms with Crippen LogP contribution in [0.15, 0.2) is 56.7 Å². The van der Waals surface area contributed by atoms with Crippen molar-refractivity contribution in [3.8, 4) is 5.75 Å². The summed E-state index contributed by atoms with van der Waals surface area (Å²) in [6, 6.07) is 10.9. The lowest BCUT2D eigenvalue weighted by molar-refractivity contribution is 0.466. The van der Waals surface area contributed by atoms with E-state index in [1.807, 2.05) is 0 Å². The number of halogens is 1. The van der Waals surface area contributed by atoms with E-state index >= 15 is 0 Å². The van der Waals surface area contributed by atoms with Crippen LogP contribution in [0.1, 0.15) is 5.56 Å². The second kappa shape index (κ2) is 5.54. The van der Waals surface area contributed by atoms with Crippen molar-refractivity contribution >= 4 is 43.9 Å². The van der Waals surface area contributed by atoms with Crippen LogP contribution in [0, 0.1) is 5.82 Å². The van der Waals surface area contributed by atoms with Gasteiger partial charge in [-0.05, 0) is 30.3 Å². The lowest BCUT2D eigenvalue weighted by atomic mass is 10.1. The molecule has 0 saturated heterocycles. The molecule has 5 nitrogen and oxygen atoms in total. The maximum absolute atomic E-state index is 13.2. The van der Waals surface area contributed by atoms with Crippen LogP contribution in [-0.2, 0) is 0 Å². The van der Waals surface area contributed by atoms with E-state index in [0.29, 0.717) is 26.3 Å². The quantitative estimate of drug-likeness (QED) is 0.442. The molecule has 0 fully saturated rings. The third-order valence-corrected chi connectivity index (χ3v) is 4.39. The Hall–Kier alpha value is -3.06. The zero-order chi connectivity index (χ0) is 16.7. The number of benzene rings is 2. The third kappa shape index (κ3) is 2.44. The van der Waals surface area contributed by atoms with Crippen molar-refractivity contribution < 1.29 is 13.9 Å². The summed E-state index contributed by atoms with van der Waals surface area (Å²) in [5.74, 6) is -0.549. The third-order valence-electron chi connectivity index (χ3n) is 3.46. The Bertz CT molecular complexity index is 1160. The van der Waals surface area contributed by atoms with Gasteiger partial charge in [0, 0.05) is 6.21 Å². The van der Waals surface area contributed by atoms with Gasteiger partial charge in [0.15, 0.2) is 0 Å². The van der Waals surface area contributed by atoms with Crippen molar-refractivity contribution in [2.45, 2.75) is 0 Å². The largest absolute Gasteiger partial charge is 0.506 e. The summed E-state index contributed by atoms with van der Waals surface area (Å²) in [4.78, 5) is 20.3. The molecule has 7 heteroatoms. The van der Waals surface area contributed by atoms with Crippen LogP contribution < -0.4 is 5.63 Å². The number of nitrogens with zero attached hydrogens (tertiary/aromatic N) is 2. The smallest absolute Gasteiger partial charge is 0.348 e. The maximum Gasteiger partial charge on any atom is 0.348 e. The fourth-order valence-electron chi connectivity index (χ4n) is 2.32. The number of aliphatic imine (C=N–C) groups is 1. The van der Waals surface area contributed by atoms with Gasteiger partial charge in [0.25, 0.3) is 0 Å². The first-order valence-corrected chi connectivity index (χ1v) is 7.78. The van der Waals surface area contributed by atoms with Crippen LogP contribution in [0.25, 0.3) is 21.2 Å². The van der Waals surface area contributed by atoms with Crippen molar-refractivity contribution in [1.29, 1.82) is 0 Å². The van der Waals surface area contributed by atoms with Crippen molar-refractivity contribution in [3.63, 3.8) is 0 Å². The highest BCUT2D eigenvalue weighted by atomic mass is 32.1. The molecule has 0 radical (unpaired) electrons. The molecule has 118 valence electrons. The van der Waals surface area contributed by atoms with Crippen LogP contribution in [-0.4, -0.2) is 16.3 Å². The molecule has 0 atom stereocenters. The number of rotatable bonds is 2. The Morgan fingerprint density at radius 3 is 2.96 bits per heavy atom. The molecule has 2 aromatic carbocycles. The van der Waals surface area contributed by atoms with Crippen LogP contribution in [0.5, 0.6) is 5.75 Å². The fraction of sp³-hybridized carbons (Fsp3) is 0. The summed E-state index contributed by atoms with van der Waals surface area (Å²) < 4.78 is 19.0. The molecule has 4 rings (SSSR count). The number of aromatic nitrogens is 1. The summed E-state index contributed by atoms with van der Waals surface area (Å²) in [5.41, 5.74) is 0.164. The lowest BCUT2D eigenvalue weighted by Crippen LogP contribution is -2.06. The Morgan fingerprint density at radius 1 is 1.25 bits per heavy atom. The Kier molecular flexibility index (Phi) is 3.35. The standard InChI is InChI=1S/C17H9FN2O3S/c18-9-5-6-12-14(7-9)24-17(20-12)19-8-11-15(21)10-3-1-2-4-13(10)23-16(11)22/h1-8,21H/b19-8+. The molecule has 0 aliphatic carbocycles. The second-order valence-electron chi connectivity index (χ2n) is 5.01. The predicted octanol–water partition coefficient (Wildman–Crippen LogP) is 4.00. The summed E-state index contributed by atoms with van der Waals surface area (Å²) >= 11 is 1.18. The predicted molar refractivity (Wildman–Crippen MR) is 91.0 cm³/mol. The van der Waals surface area contributed by atoms with E-state index in [1.165, 1.54) is 29.7 Å². The number of thiazole rings is 1. The van der Waals surface area contributed by atoms with Crippen molar-refractivity contribution in [3.05, 3.63) is 64.3 Å². The second-order valence-corrected chi connectivity index (χ2v) is 6.02. The first-order chi connectivity index (χ1) is 11.6. The lowest BCUT2D eigenvalue weighted by Gasteiger charge is -2.01. The number of hydrogen-bond acceptors (Lipinski definition) is 6. The van der Waals surface area contributed by atoms with Crippen molar-refractivity contribution in [1.82, 2.24) is 4.98 Å². The van der Waals surface area contributed by atoms with Gasteiger partial charge in [0.05, 0.1) is 15.6 Å². The molecule has 0 unspecified atom stereocenters. The van der Waals surface area contributed by atoms with E-state index < -0.39 is 5.63 Å². The van der Waals surface area contributed by atoms with E-state index in [1.54, 1.807) is 30.3 Å². The van der Waals surface area contributed by atoms with Gasteiger partial charge in [-0.25, -0.2) is 19.2 Å². The van der Waals surface area contributed by atoms with Crippen LogP contribution in [0.4, 0.5) is 9.52 Å². The van der Waals surface area contributed by atoms with E-state index in [2.05, 4.69) is 9.98 Å². The summed E-state index contributed by atoms with van der Waals surface area (Å²) in [6.45, 7) is 0. The zero-order valence-electron chi connectivity index (χ0n) is 12.1. The SMILES string of the molecule is O=c1oc2ccccc2c(O)c1/C=N/c1nc2ccc(F)cc2s1. The van der Waals surface area contributed by atoms with Gasteiger partial charge >= 0.3 is 5.63 Å². The fourth-order valence-corrected chi connectivity index (χ4v) is 3.16. The van der Waals surface area contributed by atoms with Crippen LogP contribution in [0.3, 0.4) is 0 Å². The molecular weight excluding hydrogens is 331 g/mol. The summed E-state index contributed by atoms with van der Waals surface area (Å²) in [5, 5.41) is 11.0. The first-order valence-electron chi connectivity index (χ1n) is 6.97. The van der Waals surface area contributed by atoms with Gasteiger partial charge in [-0.1, -0.05) is 23.5 Å². The monoisotopic (exact) mass is 340 g/mol. The molecule has 0 aliphatic rings. The number of hydrogen-bond donors (Lipinski definition) is 1. The van der Waals surface area contributed by atoms with Gasteiger partial charge in [0.1, 0.15) is 22.7 Å². The molecule has 0 saturated carbocycles. The van der Waals surface area contributed by atoms with Crippen LogP contribution in [0.2, 0.25) is 0 Å². The molecule has 2 heterocycles. The van der Waals surface area contributed by atoms with E-state index in [-0.39, 0.29) is 17.1 Å². The Labute approximate surface area is 138 Å². The minimum atomic E-state index is -0.692. The summed E-state index contributed by atoms with van der Waals surface area (Å²) in [6.07, 6.45) is 1.21. The molecule has 24 heavy (non-hydrogen) atoms. The van der Waals surface area contributed by atoms with Gasteiger partial charge in [0.2, 0.25) is 5.13 Å². The number of aromatic hydroxyl groups is 1. The molecule has 0 bridgehead atoms. The highest BCUT2D eigenvalue weighted by Gasteiger charge is 2.12. The molecule has 0 aliphatic heterocycles. The molecule has 0 amide bonds. The zero-order valence-corrected chi connectivity index (χ0v) is 12.9. The average molecular weight is 340 g/mol.